The Morgan fingerprint density at radius 1 is 1.33 bits per heavy atom. The van der Waals surface area contributed by atoms with Crippen LogP contribution in [0.25, 0.3) is 0 Å². The van der Waals surface area contributed by atoms with Crippen LogP contribution in [0.15, 0.2) is 54.8 Å². The summed E-state index contributed by atoms with van der Waals surface area (Å²) in [6, 6.07) is 9.09. The lowest BCUT2D eigenvalue weighted by atomic mass is 10.1. The Hall–Kier alpha value is -1.83. The fourth-order valence-electron chi connectivity index (χ4n) is 1.10. The molecule has 0 fully saturated rings. The molecule has 0 aliphatic heterocycles. The van der Waals surface area contributed by atoms with Crippen molar-refractivity contribution in [3.05, 3.63) is 60.4 Å². The van der Waals surface area contributed by atoms with Gasteiger partial charge in [-0.15, -0.1) is 0 Å². The lowest BCUT2D eigenvalue weighted by Gasteiger charge is -1.99. The van der Waals surface area contributed by atoms with Gasteiger partial charge in [0.2, 0.25) is 0 Å². The highest BCUT2D eigenvalue weighted by molar-refractivity contribution is 6.04. The van der Waals surface area contributed by atoms with Gasteiger partial charge in [0.1, 0.15) is 5.76 Å². The molecule has 0 N–H and O–H groups in total. The zero-order valence-electron chi connectivity index (χ0n) is 8.77. The molecule has 0 saturated carbocycles. The van der Waals surface area contributed by atoms with Crippen LogP contribution in [0.1, 0.15) is 17.3 Å². The van der Waals surface area contributed by atoms with Crippen LogP contribution < -0.4 is 0 Å². The first-order chi connectivity index (χ1) is 7.24. The minimum Gasteiger partial charge on any atom is -0.495 e. The van der Waals surface area contributed by atoms with E-state index in [1.807, 2.05) is 25.1 Å². The molecule has 0 bridgehead atoms. The summed E-state index contributed by atoms with van der Waals surface area (Å²) in [4.78, 5) is 11.6. The van der Waals surface area contributed by atoms with Gasteiger partial charge in [0, 0.05) is 5.56 Å². The molecule has 78 valence electrons. The van der Waals surface area contributed by atoms with Gasteiger partial charge in [-0.25, -0.2) is 0 Å². The third-order valence-electron chi connectivity index (χ3n) is 1.81. The first-order valence-electron chi connectivity index (χ1n) is 4.83. The highest BCUT2D eigenvalue weighted by Gasteiger charge is 1.99. The molecule has 0 aromatic heterocycles. The maximum atomic E-state index is 11.6. The zero-order valence-corrected chi connectivity index (χ0v) is 8.77. The molecule has 15 heavy (non-hydrogen) atoms. The van der Waals surface area contributed by atoms with Crippen LogP contribution in [0.2, 0.25) is 0 Å². The van der Waals surface area contributed by atoms with Gasteiger partial charge in [0.05, 0.1) is 6.61 Å². The first kappa shape index (κ1) is 11.2. The van der Waals surface area contributed by atoms with E-state index in [9.17, 15) is 4.79 Å². The van der Waals surface area contributed by atoms with Crippen LogP contribution in [-0.4, -0.2) is 12.4 Å². The van der Waals surface area contributed by atoms with Crippen LogP contribution in [0, 0.1) is 0 Å². The van der Waals surface area contributed by atoms with E-state index in [1.54, 1.807) is 18.2 Å². The Morgan fingerprint density at radius 2 is 2.00 bits per heavy atom. The minimum atomic E-state index is -0.0450. The predicted molar refractivity (Wildman–Crippen MR) is 60.7 cm³/mol. The standard InChI is InChI=1S/C13H14O2/c1-3-15-11(2)9-10-13(14)12-7-5-4-6-8-12/h4-10H,2-3H2,1H3/b10-9+. The maximum Gasteiger partial charge on any atom is 0.185 e. The number of ketones is 1. The molecule has 1 aromatic carbocycles. The fraction of sp³-hybridized carbons (Fsp3) is 0.154. The number of hydrogen-bond donors (Lipinski definition) is 0. The Bertz CT molecular complexity index is 363. The van der Waals surface area contributed by atoms with Gasteiger partial charge >= 0.3 is 0 Å². The zero-order chi connectivity index (χ0) is 11.1. The number of carbonyl (C=O) groups excluding carboxylic acids is 1. The van der Waals surface area contributed by atoms with E-state index in [0.29, 0.717) is 17.9 Å². The smallest absolute Gasteiger partial charge is 0.185 e. The molecular weight excluding hydrogens is 188 g/mol. The van der Waals surface area contributed by atoms with Crippen LogP contribution in [0.5, 0.6) is 0 Å². The van der Waals surface area contributed by atoms with Gasteiger partial charge in [0.15, 0.2) is 5.78 Å². The number of benzene rings is 1. The summed E-state index contributed by atoms with van der Waals surface area (Å²) in [5.41, 5.74) is 0.665. The second-order valence-electron chi connectivity index (χ2n) is 2.96. The van der Waals surface area contributed by atoms with Crippen molar-refractivity contribution in [2.45, 2.75) is 6.92 Å². The average molecular weight is 202 g/mol. The Morgan fingerprint density at radius 3 is 2.60 bits per heavy atom. The highest BCUT2D eigenvalue weighted by Crippen LogP contribution is 2.02. The lowest BCUT2D eigenvalue weighted by molar-refractivity contribution is 0.104. The molecule has 0 saturated heterocycles. The quantitative estimate of drug-likeness (QED) is 0.317. The van der Waals surface area contributed by atoms with Crippen LogP contribution in [0.4, 0.5) is 0 Å². The summed E-state index contributed by atoms with van der Waals surface area (Å²) in [7, 11) is 0. The molecule has 2 heteroatoms. The third kappa shape index (κ3) is 3.81. The maximum absolute atomic E-state index is 11.6. The fourth-order valence-corrected chi connectivity index (χ4v) is 1.10. The summed E-state index contributed by atoms with van der Waals surface area (Å²) >= 11 is 0. The monoisotopic (exact) mass is 202 g/mol. The molecule has 0 amide bonds. The van der Waals surface area contributed by atoms with E-state index < -0.39 is 0 Å². The number of rotatable bonds is 5. The summed E-state index contributed by atoms with van der Waals surface area (Å²) in [5, 5.41) is 0. The third-order valence-corrected chi connectivity index (χ3v) is 1.81. The van der Waals surface area contributed by atoms with Crippen LogP contribution in [-0.2, 0) is 4.74 Å². The normalized spacial score (nSPS) is 10.2. The van der Waals surface area contributed by atoms with Crippen molar-refractivity contribution in [2.75, 3.05) is 6.61 Å². The van der Waals surface area contributed by atoms with Crippen molar-refractivity contribution < 1.29 is 9.53 Å². The topological polar surface area (TPSA) is 26.3 Å². The van der Waals surface area contributed by atoms with E-state index in [1.165, 1.54) is 6.08 Å². The molecule has 0 heterocycles. The summed E-state index contributed by atoms with van der Waals surface area (Å²) in [6.07, 6.45) is 3.05. The molecule has 0 atom stereocenters. The summed E-state index contributed by atoms with van der Waals surface area (Å²) in [5.74, 6) is 0.457. The van der Waals surface area contributed by atoms with Gasteiger partial charge in [-0.05, 0) is 19.1 Å². The largest absolute Gasteiger partial charge is 0.495 e. The van der Waals surface area contributed by atoms with Gasteiger partial charge < -0.3 is 4.74 Å². The van der Waals surface area contributed by atoms with Crippen molar-refractivity contribution in [3.63, 3.8) is 0 Å². The van der Waals surface area contributed by atoms with Crippen molar-refractivity contribution in [1.82, 2.24) is 0 Å². The van der Waals surface area contributed by atoms with E-state index >= 15 is 0 Å². The second kappa shape index (κ2) is 5.81. The van der Waals surface area contributed by atoms with Crippen LogP contribution >= 0.6 is 0 Å². The van der Waals surface area contributed by atoms with Crippen molar-refractivity contribution in [2.24, 2.45) is 0 Å². The SMILES string of the molecule is C=C(/C=C/C(=O)c1ccccc1)OCC. The Kier molecular flexibility index (Phi) is 4.35. The number of ether oxygens (including phenoxy) is 1. The molecule has 0 radical (unpaired) electrons. The number of carbonyl (C=O) groups is 1. The molecule has 0 aliphatic carbocycles. The van der Waals surface area contributed by atoms with E-state index in [4.69, 9.17) is 4.74 Å². The summed E-state index contributed by atoms with van der Waals surface area (Å²) < 4.78 is 5.09. The summed E-state index contributed by atoms with van der Waals surface area (Å²) in [6.45, 7) is 6.08. The van der Waals surface area contributed by atoms with Gasteiger partial charge in [0.25, 0.3) is 0 Å². The molecule has 2 nitrogen and oxygen atoms in total. The molecule has 1 aromatic rings. The van der Waals surface area contributed by atoms with Crippen molar-refractivity contribution in [3.8, 4) is 0 Å². The molecule has 0 spiro atoms. The Balaban J connectivity index is 2.60. The number of allylic oxidation sites excluding steroid dienone is 2. The van der Waals surface area contributed by atoms with E-state index in [0.717, 1.165) is 0 Å². The molecule has 1 rings (SSSR count). The first-order valence-corrected chi connectivity index (χ1v) is 4.83. The minimum absolute atomic E-state index is 0.0450. The molecular formula is C13H14O2. The Labute approximate surface area is 89.9 Å². The van der Waals surface area contributed by atoms with Crippen molar-refractivity contribution >= 4 is 5.78 Å². The molecule has 0 unspecified atom stereocenters. The molecule has 0 aliphatic rings. The van der Waals surface area contributed by atoms with Gasteiger partial charge in [-0.1, -0.05) is 36.9 Å². The van der Waals surface area contributed by atoms with Crippen LogP contribution in [0.3, 0.4) is 0 Å². The van der Waals surface area contributed by atoms with Gasteiger partial charge in [-0.2, -0.15) is 0 Å². The van der Waals surface area contributed by atoms with Gasteiger partial charge in [-0.3, -0.25) is 4.79 Å². The van der Waals surface area contributed by atoms with E-state index in [2.05, 4.69) is 6.58 Å². The highest BCUT2D eigenvalue weighted by atomic mass is 16.5. The number of hydrogen-bond acceptors (Lipinski definition) is 2. The predicted octanol–water partition coefficient (Wildman–Crippen LogP) is 2.98. The average Bonchev–Trinajstić information content (AvgIpc) is 2.27. The van der Waals surface area contributed by atoms with Crippen molar-refractivity contribution in [1.29, 1.82) is 0 Å². The van der Waals surface area contributed by atoms with E-state index in [-0.39, 0.29) is 5.78 Å². The second-order valence-corrected chi connectivity index (χ2v) is 2.96. The lowest BCUT2D eigenvalue weighted by Crippen LogP contribution is -1.94.